The van der Waals surface area contributed by atoms with Gasteiger partial charge in [0.2, 0.25) is 21.8 Å². The Balaban J connectivity index is 2.29. The molecule has 2 aromatic carbocycles. The third-order valence-corrected chi connectivity index (χ3v) is 6.26. The Hall–Kier alpha value is -3.07. The molecule has 0 saturated heterocycles. The Morgan fingerprint density at radius 1 is 1.00 bits per heavy atom. The van der Waals surface area contributed by atoms with E-state index in [1.165, 1.54) is 12.0 Å². The second-order valence-corrected chi connectivity index (χ2v) is 10.0. The van der Waals surface area contributed by atoms with E-state index in [1.807, 2.05) is 44.2 Å². The average Bonchev–Trinajstić information content (AvgIpc) is 2.77. The normalized spacial score (nSPS) is 12.2. The Morgan fingerprint density at radius 3 is 2.12 bits per heavy atom. The number of ether oxygens (including phenoxy) is 1. The molecule has 0 aliphatic carbocycles. The maximum Gasteiger partial charge on any atom is 0.244 e. The topological polar surface area (TPSA) is 96.0 Å². The lowest BCUT2D eigenvalue weighted by molar-refractivity contribution is -0.139. The molecule has 0 aromatic heterocycles. The number of carbonyl (C=O) groups is 2. The summed E-state index contributed by atoms with van der Waals surface area (Å²) in [5.41, 5.74) is 1.36. The van der Waals surface area contributed by atoms with Crippen molar-refractivity contribution in [2.45, 2.75) is 39.3 Å². The van der Waals surface area contributed by atoms with Gasteiger partial charge in [0.25, 0.3) is 0 Å². The number of benzene rings is 2. The second-order valence-electron chi connectivity index (χ2n) is 8.13. The lowest BCUT2D eigenvalue weighted by atomic mass is 10.1. The van der Waals surface area contributed by atoms with Crippen LogP contribution in [-0.2, 0) is 26.0 Å². The zero-order valence-corrected chi connectivity index (χ0v) is 20.6. The molecule has 1 atom stereocenters. The molecule has 0 aliphatic rings. The van der Waals surface area contributed by atoms with Crippen LogP contribution in [0.3, 0.4) is 0 Å². The van der Waals surface area contributed by atoms with Crippen LogP contribution in [0.15, 0.2) is 54.6 Å². The van der Waals surface area contributed by atoms with Gasteiger partial charge in [-0.2, -0.15) is 0 Å². The molecule has 180 valence electrons. The van der Waals surface area contributed by atoms with Gasteiger partial charge >= 0.3 is 0 Å². The Kier molecular flexibility index (Phi) is 9.28. The maximum atomic E-state index is 13.4. The summed E-state index contributed by atoms with van der Waals surface area (Å²) in [7, 11) is -2.24. The minimum absolute atomic E-state index is 0.0853. The van der Waals surface area contributed by atoms with Gasteiger partial charge in [-0.3, -0.25) is 13.9 Å². The van der Waals surface area contributed by atoms with Crippen LogP contribution in [-0.4, -0.2) is 63.7 Å². The highest BCUT2D eigenvalue weighted by Gasteiger charge is 2.30. The van der Waals surface area contributed by atoms with E-state index in [-0.39, 0.29) is 18.5 Å². The zero-order valence-electron chi connectivity index (χ0n) is 19.8. The fraction of sp³-hybridized carbons (Fsp3) is 0.417. The molecule has 33 heavy (non-hydrogen) atoms. The first-order valence-electron chi connectivity index (χ1n) is 10.8. The van der Waals surface area contributed by atoms with Crippen LogP contribution >= 0.6 is 0 Å². The number of nitrogens with zero attached hydrogens (tertiary/aromatic N) is 2. The van der Waals surface area contributed by atoms with Gasteiger partial charge < -0.3 is 15.0 Å². The van der Waals surface area contributed by atoms with Crippen molar-refractivity contribution >= 4 is 27.5 Å². The highest BCUT2D eigenvalue weighted by molar-refractivity contribution is 7.92. The molecule has 0 spiro atoms. The smallest absolute Gasteiger partial charge is 0.244 e. The lowest BCUT2D eigenvalue weighted by Gasteiger charge is -2.31. The van der Waals surface area contributed by atoms with Crippen LogP contribution in [0.1, 0.15) is 26.3 Å². The number of nitrogens with one attached hydrogen (secondary N) is 1. The monoisotopic (exact) mass is 475 g/mol. The van der Waals surface area contributed by atoms with Crippen LogP contribution in [0.4, 0.5) is 5.69 Å². The standard InChI is InChI=1S/C24H33N3O5S/c1-18(2)25-24(29)19(3)26(16-15-20-9-7-6-8-10-20)23(28)17-27(33(5,30)31)21-11-13-22(32-4)14-12-21/h6-14,18-19H,15-17H2,1-5H3,(H,25,29)/t19-/m0/s1. The summed E-state index contributed by atoms with van der Waals surface area (Å²) in [6, 6.07) is 15.2. The van der Waals surface area contributed by atoms with Gasteiger partial charge in [-0.15, -0.1) is 0 Å². The first-order valence-corrected chi connectivity index (χ1v) is 12.6. The van der Waals surface area contributed by atoms with Crippen molar-refractivity contribution in [2.24, 2.45) is 0 Å². The third kappa shape index (κ3) is 7.78. The predicted octanol–water partition coefficient (Wildman–Crippen LogP) is 2.45. The summed E-state index contributed by atoms with van der Waals surface area (Å²) in [5, 5.41) is 2.83. The van der Waals surface area contributed by atoms with Crippen molar-refractivity contribution in [2.75, 3.05) is 30.8 Å². The number of hydrogen-bond acceptors (Lipinski definition) is 5. The van der Waals surface area contributed by atoms with Crippen molar-refractivity contribution < 1.29 is 22.7 Å². The first kappa shape index (κ1) is 26.2. The van der Waals surface area contributed by atoms with E-state index in [2.05, 4.69) is 5.32 Å². The number of rotatable bonds is 11. The van der Waals surface area contributed by atoms with E-state index < -0.39 is 28.5 Å². The molecule has 0 fully saturated rings. The molecule has 0 bridgehead atoms. The van der Waals surface area contributed by atoms with Gasteiger partial charge in [0.05, 0.1) is 19.1 Å². The van der Waals surface area contributed by atoms with E-state index in [4.69, 9.17) is 4.74 Å². The third-order valence-electron chi connectivity index (χ3n) is 5.12. The highest BCUT2D eigenvalue weighted by atomic mass is 32.2. The molecule has 0 radical (unpaired) electrons. The van der Waals surface area contributed by atoms with Crippen molar-refractivity contribution in [1.82, 2.24) is 10.2 Å². The van der Waals surface area contributed by atoms with Crippen molar-refractivity contribution in [1.29, 1.82) is 0 Å². The molecule has 0 heterocycles. The SMILES string of the molecule is COc1ccc(N(CC(=O)N(CCc2ccccc2)[C@@H](C)C(=O)NC(C)C)S(C)(=O)=O)cc1. The quantitative estimate of drug-likeness (QED) is 0.539. The summed E-state index contributed by atoms with van der Waals surface area (Å²) in [4.78, 5) is 27.5. The van der Waals surface area contributed by atoms with Crippen LogP contribution in [0.25, 0.3) is 0 Å². The van der Waals surface area contributed by atoms with Crippen molar-refractivity contribution in [3.05, 3.63) is 60.2 Å². The fourth-order valence-corrected chi connectivity index (χ4v) is 4.19. The summed E-state index contributed by atoms with van der Waals surface area (Å²) in [5.74, 6) is -0.178. The molecular formula is C24H33N3O5S. The average molecular weight is 476 g/mol. The molecule has 8 nitrogen and oxygen atoms in total. The largest absolute Gasteiger partial charge is 0.497 e. The summed E-state index contributed by atoms with van der Waals surface area (Å²) >= 11 is 0. The van der Waals surface area contributed by atoms with E-state index in [0.717, 1.165) is 16.1 Å². The molecule has 0 aliphatic heterocycles. The Morgan fingerprint density at radius 2 is 1.61 bits per heavy atom. The van der Waals surface area contributed by atoms with Gasteiger partial charge in [0, 0.05) is 12.6 Å². The summed E-state index contributed by atoms with van der Waals surface area (Å²) in [6.45, 7) is 5.19. The van der Waals surface area contributed by atoms with Gasteiger partial charge in [0.15, 0.2) is 0 Å². The van der Waals surface area contributed by atoms with Crippen molar-refractivity contribution in [3.63, 3.8) is 0 Å². The van der Waals surface area contributed by atoms with Crippen LogP contribution < -0.4 is 14.4 Å². The molecule has 0 saturated carbocycles. The minimum atomic E-state index is -3.75. The molecule has 9 heteroatoms. The Labute approximate surface area is 196 Å². The predicted molar refractivity (Wildman–Crippen MR) is 130 cm³/mol. The summed E-state index contributed by atoms with van der Waals surface area (Å²) < 4.78 is 31.2. The molecule has 0 unspecified atom stereocenters. The summed E-state index contributed by atoms with van der Waals surface area (Å²) in [6.07, 6.45) is 1.58. The highest BCUT2D eigenvalue weighted by Crippen LogP contribution is 2.22. The fourth-order valence-electron chi connectivity index (χ4n) is 3.34. The molecule has 2 amide bonds. The number of hydrogen-bond donors (Lipinski definition) is 1. The van der Waals surface area contributed by atoms with Crippen molar-refractivity contribution in [3.8, 4) is 5.75 Å². The molecule has 2 rings (SSSR count). The number of amides is 2. The van der Waals surface area contributed by atoms with Gasteiger partial charge in [-0.1, -0.05) is 30.3 Å². The zero-order chi connectivity index (χ0) is 24.6. The minimum Gasteiger partial charge on any atom is -0.497 e. The number of carbonyl (C=O) groups excluding carboxylic acids is 2. The van der Waals surface area contributed by atoms with E-state index >= 15 is 0 Å². The van der Waals surface area contributed by atoms with Crippen LogP contribution in [0, 0.1) is 0 Å². The van der Waals surface area contributed by atoms with E-state index in [9.17, 15) is 18.0 Å². The Bertz CT molecular complexity index is 1020. The number of sulfonamides is 1. The van der Waals surface area contributed by atoms with Crippen LogP contribution in [0.2, 0.25) is 0 Å². The molecular weight excluding hydrogens is 442 g/mol. The maximum absolute atomic E-state index is 13.4. The van der Waals surface area contributed by atoms with Gasteiger partial charge in [-0.05, 0) is 57.0 Å². The number of methoxy groups -OCH3 is 1. The first-order chi connectivity index (χ1) is 15.5. The molecule has 1 N–H and O–H groups in total. The lowest BCUT2D eigenvalue weighted by Crippen LogP contribution is -2.53. The van der Waals surface area contributed by atoms with Gasteiger partial charge in [-0.25, -0.2) is 8.42 Å². The van der Waals surface area contributed by atoms with E-state index in [0.29, 0.717) is 17.9 Å². The molecule has 2 aromatic rings. The van der Waals surface area contributed by atoms with Crippen LogP contribution in [0.5, 0.6) is 5.75 Å². The van der Waals surface area contributed by atoms with E-state index in [1.54, 1.807) is 31.2 Å². The number of anilines is 1. The second kappa shape index (κ2) is 11.7. The van der Waals surface area contributed by atoms with Gasteiger partial charge in [0.1, 0.15) is 18.3 Å².